The van der Waals surface area contributed by atoms with E-state index in [4.69, 9.17) is 4.74 Å². The van der Waals surface area contributed by atoms with Gasteiger partial charge in [0.25, 0.3) is 0 Å². The van der Waals surface area contributed by atoms with Crippen molar-refractivity contribution in [3.63, 3.8) is 0 Å². The van der Waals surface area contributed by atoms with E-state index in [-0.39, 0.29) is 0 Å². The molecular formula is C17H25NO. The van der Waals surface area contributed by atoms with Gasteiger partial charge in [0.1, 0.15) is 5.75 Å². The fraction of sp³-hybridized carbons (Fsp3) is 0.529. The lowest BCUT2D eigenvalue weighted by molar-refractivity contribution is 0.401. The summed E-state index contributed by atoms with van der Waals surface area (Å²) in [6.07, 6.45) is 7.49. The topological polar surface area (TPSA) is 21.3 Å². The van der Waals surface area contributed by atoms with E-state index in [1.165, 1.54) is 36.8 Å². The van der Waals surface area contributed by atoms with Gasteiger partial charge >= 0.3 is 0 Å². The molecule has 1 aliphatic rings. The van der Waals surface area contributed by atoms with Crippen LogP contribution >= 0.6 is 0 Å². The maximum atomic E-state index is 5.48. The summed E-state index contributed by atoms with van der Waals surface area (Å²) in [5, 5.41) is 3.60. The number of aryl methyl sites for hydroxylation is 1. The monoisotopic (exact) mass is 259 g/mol. The second-order valence-corrected chi connectivity index (χ2v) is 5.43. The van der Waals surface area contributed by atoms with Crippen molar-refractivity contribution in [3.8, 4) is 5.75 Å². The summed E-state index contributed by atoms with van der Waals surface area (Å²) in [4.78, 5) is 0. The smallest absolute Gasteiger partial charge is 0.123 e. The largest absolute Gasteiger partial charge is 0.496 e. The van der Waals surface area contributed by atoms with Gasteiger partial charge in [0.2, 0.25) is 0 Å². The standard InChI is InChI=1S/C17H25NO/c1-13-8-9-16(17(12-13)19-3)14(2)18-11-10-15-6-4-5-7-15/h6,8-9,12,14,18H,4-5,7,10-11H2,1-3H3. The molecule has 0 bridgehead atoms. The number of nitrogens with one attached hydrogen (secondary N) is 1. The van der Waals surface area contributed by atoms with E-state index >= 15 is 0 Å². The van der Waals surface area contributed by atoms with E-state index in [0.29, 0.717) is 6.04 Å². The predicted molar refractivity (Wildman–Crippen MR) is 80.7 cm³/mol. The molecular weight excluding hydrogens is 234 g/mol. The molecule has 0 amide bonds. The van der Waals surface area contributed by atoms with Gasteiger partial charge in [-0.05, 0) is 57.7 Å². The Labute approximate surface area is 116 Å². The first kappa shape index (κ1) is 14.1. The normalized spacial score (nSPS) is 16.3. The van der Waals surface area contributed by atoms with Crippen LogP contribution in [0.3, 0.4) is 0 Å². The van der Waals surface area contributed by atoms with Gasteiger partial charge in [0, 0.05) is 11.6 Å². The third-order valence-corrected chi connectivity index (χ3v) is 3.89. The number of benzene rings is 1. The number of hydrogen-bond donors (Lipinski definition) is 1. The lowest BCUT2D eigenvalue weighted by Crippen LogP contribution is -2.20. The first-order chi connectivity index (χ1) is 9.20. The van der Waals surface area contributed by atoms with Crippen molar-refractivity contribution in [3.05, 3.63) is 41.0 Å². The average molecular weight is 259 g/mol. The molecule has 0 heterocycles. The Bertz CT molecular complexity index is 451. The summed E-state index contributed by atoms with van der Waals surface area (Å²) >= 11 is 0. The van der Waals surface area contributed by atoms with E-state index in [0.717, 1.165) is 12.3 Å². The minimum Gasteiger partial charge on any atom is -0.496 e. The Balaban J connectivity index is 1.90. The zero-order valence-corrected chi connectivity index (χ0v) is 12.3. The molecule has 0 saturated heterocycles. The minimum absolute atomic E-state index is 0.331. The van der Waals surface area contributed by atoms with Crippen molar-refractivity contribution in [1.29, 1.82) is 0 Å². The molecule has 19 heavy (non-hydrogen) atoms. The lowest BCUT2D eigenvalue weighted by atomic mass is 10.0. The van der Waals surface area contributed by atoms with Gasteiger partial charge < -0.3 is 10.1 Å². The first-order valence-electron chi connectivity index (χ1n) is 7.26. The molecule has 0 aliphatic heterocycles. The van der Waals surface area contributed by atoms with Gasteiger partial charge in [0.05, 0.1) is 7.11 Å². The van der Waals surface area contributed by atoms with E-state index in [9.17, 15) is 0 Å². The van der Waals surface area contributed by atoms with Crippen LogP contribution in [0.15, 0.2) is 29.8 Å². The molecule has 1 unspecified atom stereocenters. The van der Waals surface area contributed by atoms with Crippen LogP contribution in [0.4, 0.5) is 0 Å². The third kappa shape index (κ3) is 3.84. The number of hydrogen-bond acceptors (Lipinski definition) is 2. The predicted octanol–water partition coefficient (Wildman–Crippen LogP) is 4.15. The number of rotatable bonds is 6. The number of allylic oxidation sites excluding steroid dienone is 1. The molecule has 0 aromatic heterocycles. The Morgan fingerprint density at radius 3 is 2.89 bits per heavy atom. The van der Waals surface area contributed by atoms with E-state index in [1.807, 2.05) is 0 Å². The Hall–Kier alpha value is -1.28. The molecule has 1 aliphatic carbocycles. The van der Waals surface area contributed by atoms with Crippen LogP contribution in [-0.2, 0) is 0 Å². The van der Waals surface area contributed by atoms with Gasteiger partial charge in [-0.1, -0.05) is 23.8 Å². The summed E-state index contributed by atoms with van der Waals surface area (Å²) in [5.41, 5.74) is 4.10. The molecule has 0 saturated carbocycles. The summed E-state index contributed by atoms with van der Waals surface area (Å²) in [7, 11) is 1.74. The SMILES string of the molecule is COc1cc(C)ccc1C(C)NCCC1=CCCC1. The van der Waals surface area contributed by atoms with Crippen LogP contribution in [0.2, 0.25) is 0 Å². The second-order valence-electron chi connectivity index (χ2n) is 5.43. The van der Waals surface area contributed by atoms with Crippen LogP contribution in [0, 0.1) is 6.92 Å². The molecule has 1 aromatic carbocycles. The Morgan fingerprint density at radius 1 is 1.37 bits per heavy atom. The van der Waals surface area contributed by atoms with Gasteiger partial charge in [0.15, 0.2) is 0 Å². The molecule has 1 aromatic rings. The molecule has 104 valence electrons. The minimum atomic E-state index is 0.331. The van der Waals surface area contributed by atoms with Crippen LogP contribution in [-0.4, -0.2) is 13.7 Å². The van der Waals surface area contributed by atoms with E-state index < -0.39 is 0 Å². The van der Waals surface area contributed by atoms with Crippen molar-refractivity contribution < 1.29 is 4.74 Å². The van der Waals surface area contributed by atoms with E-state index in [1.54, 1.807) is 12.7 Å². The van der Waals surface area contributed by atoms with Crippen molar-refractivity contribution in [2.75, 3.05) is 13.7 Å². The number of ether oxygens (including phenoxy) is 1. The fourth-order valence-electron chi connectivity index (χ4n) is 2.70. The van der Waals surface area contributed by atoms with Gasteiger partial charge in [-0.2, -0.15) is 0 Å². The van der Waals surface area contributed by atoms with Crippen LogP contribution in [0.25, 0.3) is 0 Å². The number of methoxy groups -OCH3 is 1. The molecule has 1 atom stereocenters. The molecule has 0 radical (unpaired) electrons. The van der Waals surface area contributed by atoms with Crippen molar-refractivity contribution in [2.24, 2.45) is 0 Å². The van der Waals surface area contributed by atoms with Crippen molar-refractivity contribution >= 4 is 0 Å². The molecule has 1 N–H and O–H groups in total. The quantitative estimate of drug-likeness (QED) is 0.775. The fourth-order valence-corrected chi connectivity index (χ4v) is 2.70. The van der Waals surface area contributed by atoms with Gasteiger partial charge in [-0.25, -0.2) is 0 Å². The van der Waals surface area contributed by atoms with E-state index in [2.05, 4.69) is 43.4 Å². The van der Waals surface area contributed by atoms with Crippen molar-refractivity contribution in [2.45, 2.75) is 45.6 Å². The molecule has 2 nitrogen and oxygen atoms in total. The summed E-state index contributed by atoms with van der Waals surface area (Å²) < 4.78 is 5.48. The third-order valence-electron chi connectivity index (χ3n) is 3.89. The summed E-state index contributed by atoms with van der Waals surface area (Å²) in [6, 6.07) is 6.75. The summed E-state index contributed by atoms with van der Waals surface area (Å²) in [5.74, 6) is 0.986. The molecule has 0 fully saturated rings. The van der Waals surface area contributed by atoms with Crippen molar-refractivity contribution in [1.82, 2.24) is 5.32 Å². The second kappa shape index (κ2) is 6.76. The summed E-state index contributed by atoms with van der Waals surface area (Å²) in [6.45, 7) is 5.34. The van der Waals surface area contributed by atoms with Crippen LogP contribution in [0.5, 0.6) is 5.75 Å². The maximum Gasteiger partial charge on any atom is 0.123 e. The molecule has 2 rings (SSSR count). The highest BCUT2D eigenvalue weighted by atomic mass is 16.5. The highest BCUT2D eigenvalue weighted by Crippen LogP contribution is 2.26. The lowest BCUT2D eigenvalue weighted by Gasteiger charge is -2.18. The van der Waals surface area contributed by atoms with Crippen LogP contribution < -0.4 is 10.1 Å². The van der Waals surface area contributed by atoms with Crippen LogP contribution in [0.1, 0.15) is 49.8 Å². The zero-order chi connectivity index (χ0) is 13.7. The molecule has 2 heteroatoms. The molecule has 0 spiro atoms. The average Bonchev–Trinajstić information content (AvgIpc) is 2.91. The van der Waals surface area contributed by atoms with Gasteiger partial charge in [-0.15, -0.1) is 0 Å². The Kier molecular flexibility index (Phi) is 5.03. The zero-order valence-electron chi connectivity index (χ0n) is 12.3. The highest BCUT2D eigenvalue weighted by molar-refractivity contribution is 5.39. The maximum absolute atomic E-state index is 5.48. The van der Waals surface area contributed by atoms with Gasteiger partial charge in [-0.3, -0.25) is 0 Å². The highest BCUT2D eigenvalue weighted by Gasteiger charge is 2.11. The first-order valence-corrected chi connectivity index (χ1v) is 7.26. The Morgan fingerprint density at radius 2 is 2.21 bits per heavy atom.